The molecule has 15 heavy (non-hydrogen) atoms. The maximum absolute atomic E-state index is 10.4. The van der Waals surface area contributed by atoms with E-state index in [1.165, 1.54) is 0 Å². The predicted molar refractivity (Wildman–Crippen MR) is 61.5 cm³/mol. The Balaban J connectivity index is 0. The Morgan fingerprint density at radius 3 is 1.60 bits per heavy atom. The summed E-state index contributed by atoms with van der Waals surface area (Å²) in [5.74, 6) is -0.312. The van der Waals surface area contributed by atoms with Gasteiger partial charge in [0.15, 0.2) is 0 Å². The molecule has 0 radical (unpaired) electrons. The van der Waals surface area contributed by atoms with Crippen LogP contribution >= 0.6 is 0 Å². The van der Waals surface area contributed by atoms with Gasteiger partial charge in [0, 0.05) is 5.57 Å². The van der Waals surface area contributed by atoms with E-state index in [1.54, 1.807) is 13.8 Å². The first-order valence-corrected chi connectivity index (χ1v) is 4.51. The summed E-state index contributed by atoms with van der Waals surface area (Å²) < 4.78 is 4.56. The highest BCUT2D eigenvalue weighted by Crippen LogP contribution is 1.89. The quantitative estimate of drug-likeness (QED) is 0.553. The van der Waals surface area contributed by atoms with Gasteiger partial charge in [-0.15, -0.1) is 0 Å². The summed E-state index contributed by atoms with van der Waals surface area (Å²) in [5, 5.41) is 0. The largest absolute Gasteiger partial charge is 0.463 e. The van der Waals surface area contributed by atoms with Gasteiger partial charge in [-0.2, -0.15) is 0 Å². The third-order valence-electron chi connectivity index (χ3n) is 1.29. The van der Waals surface area contributed by atoms with Crippen LogP contribution in [0.5, 0.6) is 0 Å². The normalized spacial score (nSPS) is 7.60. The number of carbonyl (C=O) groups excluding carboxylic acids is 1. The van der Waals surface area contributed by atoms with E-state index in [1.807, 2.05) is 36.4 Å². The fourth-order valence-corrected chi connectivity index (χ4v) is 0.639. The monoisotopic (exact) mass is 210 g/mol. The van der Waals surface area contributed by atoms with Crippen molar-refractivity contribution in [2.24, 2.45) is 0 Å². The molecule has 0 bridgehead atoms. The van der Waals surface area contributed by atoms with E-state index in [4.69, 9.17) is 0 Å². The van der Waals surface area contributed by atoms with Crippen LogP contribution in [-0.4, -0.2) is 18.1 Å². The lowest BCUT2D eigenvalue weighted by atomic mass is 10.4. The maximum atomic E-state index is 10.4. The van der Waals surface area contributed by atoms with Crippen molar-refractivity contribution in [3.05, 3.63) is 48.6 Å². The minimum atomic E-state index is -0.312. The second-order valence-corrected chi connectivity index (χ2v) is 2.66. The van der Waals surface area contributed by atoms with Gasteiger partial charge in [0.1, 0.15) is 0 Å². The zero-order valence-electron chi connectivity index (χ0n) is 9.19. The lowest BCUT2D eigenvalue weighted by Crippen LogP contribution is -2.03. The topological polar surface area (TPSA) is 57.8 Å². The first kappa shape index (κ1) is 15.8. The van der Waals surface area contributed by atoms with Crippen LogP contribution in [0.25, 0.3) is 0 Å². The molecule has 2 N–H and O–H groups in total. The zero-order chi connectivity index (χ0) is 10.8. The Labute approximate surface area is 90.7 Å². The number of ether oxygens (including phenoxy) is 1. The SMILES string of the molecule is C=C(C)C(=O)OCC.O.c1ccccc1. The van der Waals surface area contributed by atoms with Gasteiger partial charge in [0.2, 0.25) is 0 Å². The van der Waals surface area contributed by atoms with Crippen LogP contribution in [0.3, 0.4) is 0 Å². The van der Waals surface area contributed by atoms with Crippen LogP contribution in [0.1, 0.15) is 13.8 Å². The molecular weight excluding hydrogens is 192 g/mol. The van der Waals surface area contributed by atoms with Crippen LogP contribution < -0.4 is 0 Å². The lowest BCUT2D eigenvalue weighted by molar-refractivity contribution is -0.138. The van der Waals surface area contributed by atoms with E-state index in [0.717, 1.165) is 0 Å². The van der Waals surface area contributed by atoms with Crippen LogP contribution in [-0.2, 0) is 9.53 Å². The van der Waals surface area contributed by atoms with E-state index in [-0.39, 0.29) is 11.4 Å². The highest BCUT2D eigenvalue weighted by Gasteiger charge is 1.98. The number of benzene rings is 1. The number of esters is 1. The van der Waals surface area contributed by atoms with Crippen molar-refractivity contribution in [3.8, 4) is 0 Å². The number of carbonyl (C=O) groups is 1. The molecule has 0 aromatic heterocycles. The molecule has 0 aliphatic heterocycles. The minimum absolute atomic E-state index is 0. The number of hydrogen-bond acceptors (Lipinski definition) is 2. The summed E-state index contributed by atoms with van der Waals surface area (Å²) in [6.07, 6.45) is 0. The van der Waals surface area contributed by atoms with Gasteiger partial charge in [-0.1, -0.05) is 43.0 Å². The summed E-state index contributed by atoms with van der Waals surface area (Å²) >= 11 is 0. The van der Waals surface area contributed by atoms with Gasteiger partial charge in [-0.25, -0.2) is 4.79 Å². The maximum Gasteiger partial charge on any atom is 0.333 e. The molecule has 0 atom stereocenters. The van der Waals surface area contributed by atoms with Crippen LogP contribution in [0, 0.1) is 0 Å². The second kappa shape index (κ2) is 10.5. The molecule has 1 aromatic rings. The molecule has 0 saturated heterocycles. The number of rotatable bonds is 2. The van der Waals surface area contributed by atoms with Crippen LogP contribution in [0.15, 0.2) is 48.6 Å². The molecular formula is C12H18O3. The van der Waals surface area contributed by atoms with Crippen molar-refractivity contribution in [1.82, 2.24) is 0 Å². The van der Waals surface area contributed by atoms with E-state index in [2.05, 4.69) is 11.3 Å². The molecule has 0 unspecified atom stereocenters. The number of hydrogen-bond donors (Lipinski definition) is 0. The lowest BCUT2D eigenvalue weighted by Gasteiger charge is -1.96. The standard InChI is InChI=1S/C6H10O2.C6H6.H2O/c1-4-8-6(7)5(2)3;1-2-4-6-5-3-1;/h2,4H2,1,3H3;1-6H;1H2. The summed E-state index contributed by atoms with van der Waals surface area (Å²) in [4.78, 5) is 10.4. The van der Waals surface area contributed by atoms with Crippen molar-refractivity contribution in [3.63, 3.8) is 0 Å². The summed E-state index contributed by atoms with van der Waals surface area (Å²) in [6, 6.07) is 12.0. The van der Waals surface area contributed by atoms with Crippen LogP contribution in [0.2, 0.25) is 0 Å². The van der Waals surface area contributed by atoms with E-state index >= 15 is 0 Å². The molecule has 3 nitrogen and oxygen atoms in total. The Hall–Kier alpha value is -1.61. The van der Waals surface area contributed by atoms with Gasteiger partial charge >= 0.3 is 5.97 Å². The van der Waals surface area contributed by atoms with Crippen molar-refractivity contribution in [1.29, 1.82) is 0 Å². The predicted octanol–water partition coefficient (Wildman–Crippen LogP) is 1.99. The minimum Gasteiger partial charge on any atom is -0.463 e. The Morgan fingerprint density at radius 1 is 1.13 bits per heavy atom. The highest BCUT2D eigenvalue weighted by molar-refractivity contribution is 5.86. The Kier molecular flexibility index (Phi) is 11.1. The van der Waals surface area contributed by atoms with Gasteiger partial charge in [-0.05, 0) is 13.8 Å². The van der Waals surface area contributed by atoms with Gasteiger partial charge in [0.25, 0.3) is 0 Å². The zero-order valence-corrected chi connectivity index (χ0v) is 9.19. The van der Waals surface area contributed by atoms with Crippen molar-refractivity contribution in [2.45, 2.75) is 13.8 Å². The molecule has 1 aromatic carbocycles. The smallest absolute Gasteiger partial charge is 0.333 e. The summed E-state index contributed by atoms with van der Waals surface area (Å²) in [7, 11) is 0. The highest BCUT2D eigenvalue weighted by atomic mass is 16.5. The van der Waals surface area contributed by atoms with Crippen molar-refractivity contribution in [2.75, 3.05) is 6.61 Å². The Morgan fingerprint density at radius 2 is 1.47 bits per heavy atom. The van der Waals surface area contributed by atoms with Crippen molar-refractivity contribution >= 4 is 5.97 Å². The van der Waals surface area contributed by atoms with E-state index in [0.29, 0.717) is 12.2 Å². The molecule has 84 valence electrons. The molecule has 0 aliphatic carbocycles. The van der Waals surface area contributed by atoms with Crippen LogP contribution in [0.4, 0.5) is 0 Å². The third-order valence-corrected chi connectivity index (χ3v) is 1.29. The Bertz CT molecular complexity index is 241. The van der Waals surface area contributed by atoms with Crippen molar-refractivity contribution < 1.29 is 15.0 Å². The van der Waals surface area contributed by atoms with Gasteiger partial charge < -0.3 is 10.2 Å². The van der Waals surface area contributed by atoms with E-state index < -0.39 is 0 Å². The van der Waals surface area contributed by atoms with E-state index in [9.17, 15) is 4.79 Å². The molecule has 3 heteroatoms. The summed E-state index contributed by atoms with van der Waals surface area (Å²) in [5.41, 5.74) is 0.451. The average molecular weight is 210 g/mol. The average Bonchev–Trinajstić information content (AvgIpc) is 2.21. The molecule has 0 aliphatic rings. The fraction of sp³-hybridized carbons (Fsp3) is 0.250. The first-order chi connectivity index (χ1) is 6.68. The molecule has 0 saturated carbocycles. The molecule has 0 fully saturated rings. The molecule has 0 heterocycles. The van der Waals surface area contributed by atoms with Gasteiger partial charge in [-0.3, -0.25) is 0 Å². The molecule has 0 spiro atoms. The van der Waals surface area contributed by atoms with Gasteiger partial charge in [0.05, 0.1) is 6.61 Å². The molecule has 0 amide bonds. The fourth-order valence-electron chi connectivity index (χ4n) is 0.639. The second-order valence-electron chi connectivity index (χ2n) is 2.66. The molecule has 1 rings (SSSR count). The summed E-state index contributed by atoms with van der Waals surface area (Å²) in [6.45, 7) is 7.21. The third kappa shape index (κ3) is 10.3. The first-order valence-electron chi connectivity index (χ1n) is 4.51.